The minimum Gasteiger partial charge on any atom is -0.307 e. The molecule has 0 radical (unpaired) electrons. The van der Waals surface area contributed by atoms with E-state index in [0.29, 0.717) is 17.8 Å². The summed E-state index contributed by atoms with van der Waals surface area (Å²) in [6, 6.07) is 24.2. The number of aryl methyl sites for hydroxylation is 2. The van der Waals surface area contributed by atoms with E-state index in [1.807, 2.05) is 0 Å². The van der Waals surface area contributed by atoms with E-state index in [4.69, 9.17) is 0 Å². The van der Waals surface area contributed by atoms with Gasteiger partial charge in [0.25, 0.3) is 0 Å². The van der Waals surface area contributed by atoms with Crippen molar-refractivity contribution in [3.05, 3.63) is 94.7 Å². The van der Waals surface area contributed by atoms with Crippen LogP contribution in [0, 0.1) is 12.3 Å². The molecule has 0 N–H and O–H groups in total. The fraction of sp³-hybridized carbons (Fsp3) is 0.372. The Kier molecular flexibility index (Phi) is 6.82. The van der Waals surface area contributed by atoms with Gasteiger partial charge in [-0.25, -0.2) is 4.57 Å². The number of benzene rings is 4. The van der Waals surface area contributed by atoms with Crippen LogP contribution < -0.4 is 4.57 Å². The van der Waals surface area contributed by atoms with E-state index >= 15 is 0 Å². The van der Waals surface area contributed by atoms with Crippen LogP contribution in [0.5, 0.6) is 0 Å². The number of rotatable bonds is 5. The zero-order valence-electron chi connectivity index (χ0n) is 29.2. The van der Waals surface area contributed by atoms with Gasteiger partial charge in [-0.15, -0.1) is 0 Å². The van der Waals surface area contributed by atoms with Gasteiger partial charge in [0.05, 0.1) is 27.3 Å². The number of fused-ring (bicyclic) bond motifs is 5. The summed E-state index contributed by atoms with van der Waals surface area (Å²) in [7, 11) is 2.21. The van der Waals surface area contributed by atoms with Gasteiger partial charge in [-0.1, -0.05) is 98.7 Å². The fourth-order valence-electron chi connectivity index (χ4n) is 7.92. The van der Waals surface area contributed by atoms with Gasteiger partial charge < -0.3 is 4.40 Å². The number of hydrogen-bond donors (Lipinski definition) is 0. The van der Waals surface area contributed by atoms with E-state index in [1.54, 1.807) is 0 Å². The topological polar surface area (TPSA) is 8.29 Å². The fourth-order valence-corrected chi connectivity index (χ4v) is 7.92. The van der Waals surface area contributed by atoms with Crippen LogP contribution in [0.3, 0.4) is 0 Å². The molecule has 3 aromatic heterocycles. The van der Waals surface area contributed by atoms with Crippen LogP contribution in [0.15, 0.2) is 66.9 Å². The Morgan fingerprint density at radius 3 is 2.00 bits per heavy atom. The third-order valence-electron chi connectivity index (χ3n) is 10.1. The Labute approximate surface area is 269 Å². The SMILES string of the molecule is Cc1ccc2c3ccc(CC(C)(C)C)cc3n3c4cc(-c5c(C(C)C)cc(C(C)C)cc5C(C)C)cc5cc[n+](C)c(c1c23)c54. The molecule has 0 aliphatic rings. The molecule has 0 atom stereocenters. The maximum Gasteiger partial charge on any atom is 0.224 e. The third kappa shape index (κ3) is 4.63. The van der Waals surface area contributed by atoms with Gasteiger partial charge >= 0.3 is 0 Å². The molecule has 7 rings (SSSR count). The van der Waals surface area contributed by atoms with Crippen LogP contribution in [0.4, 0.5) is 0 Å². The molecule has 0 bridgehead atoms. The molecule has 0 fully saturated rings. The van der Waals surface area contributed by atoms with Crippen molar-refractivity contribution in [3.63, 3.8) is 0 Å². The minimum absolute atomic E-state index is 0.222. The first-order valence-corrected chi connectivity index (χ1v) is 17.0. The van der Waals surface area contributed by atoms with Crippen molar-refractivity contribution in [3.8, 4) is 11.1 Å². The van der Waals surface area contributed by atoms with Gasteiger partial charge in [0.2, 0.25) is 5.52 Å². The van der Waals surface area contributed by atoms with E-state index in [0.717, 1.165) is 6.42 Å². The number of hydrogen-bond acceptors (Lipinski definition) is 0. The van der Waals surface area contributed by atoms with Gasteiger partial charge in [-0.2, -0.15) is 0 Å². The Bertz CT molecular complexity index is 2240. The maximum absolute atomic E-state index is 2.62. The molecule has 0 amide bonds. The monoisotopic (exact) mass is 593 g/mol. The number of aromatic nitrogens is 2. The van der Waals surface area contributed by atoms with Crippen molar-refractivity contribution in [2.45, 2.75) is 93.4 Å². The van der Waals surface area contributed by atoms with Crippen molar-refractivity contribution in [2.75, 3.05) is 0 Å². The van der Waals surface area contributed by atoms with E-state index in [9.17, 15) is 0 Å². The molecular weight excluding hydrogens is 544 g/mol. The molecule has 0 aliphatic carbocycles. The van der Waals surface area contributed by atoms with Crippen molar-refractivity contribution in [1.29, 1.82) is 0 Å². The Morgan fingerprint density at radius 1 is 0.711 bits per heavy atom. The third-order valence-corrected chi connectivity index (χ3v) is 10.1. The van der Waals surface area contributed by atoms with E-state index in [-0.39, 0.29) is 5.41 Å². The zero-order chi connectivity index (χ0) is 32.1. The van der Waals surface area contributed by atoms with Crippen molar-refractivity contribution < 1.29 is 4.57 Å². The summed E-state index contributed by atoms with van der Waals surface area (Å²) in [5.74, 6) is 1.35. The molecule has 7 aromatic rings. The smallest absolute Gasteiger partial charge is 0.224 e. The average Bonchev–Trinajstić information content (AvgIpc) is 3.29. The first-order valence-electron chi connectivity index (χ1n) is 17.0. The van der Waals surface area contributed by atoms with Crippen molar-refractivity contribution >= 4 is 49.0 Å². The lowest BCUT2D eigenvalue weighted by atomic mass is 9.81. The van der Waals surface area contributed by atoms with Gasteiger partial charge in [-0.05, 0) is 99.0 Å². The number of pyridine rings is 2. The van der Waals surface area contributed by atoms with Crippen molar-refractivity contribution in [2.24, 2.45) is 12.5 Å². The second kappa shape index (κ2) is 10.3. The van der Waals surface area contributed by atoms with Crippen LogP contribution in [-0.2, 0) is 13.5 Å². The van der Waals surface area contributed by atoms with Crippen LogP contribution in [0.1, 0.15) is 108 Å². The standard InChI is InChI=1S/C43H49N2/c1-24(2)30-20-34(25(3)4)39(35(21-30)26(5)6)31-19-29-16-17-44(11)42-38-27(7)12-14-33-32-15-13-28(23-43(8,9)10)18-36(32)45(41(33)38)37(22-31)40(29)42/h12-22,24-26H,23H2,1-11H3/q+1. The first-order chi connectivity index (χ1) is 21.2. The summed E-state index contributed by atoms with van der Waals surface area (Å²) < 4.78 is 4.96. The van der Waals surface area contributed by atoms with Crippen LogP contribution in [0.25, 0.3) is 60.1 Å². The van der Waals surface area contributed by atoms with E-state index in [1.165, 1.54) is 87.9 Å². The van der Waals surface area contributed by atoms with Crippen LogP contribution in [-0.4, -0.2) is 4.40 Å². The average molecular weight is 594 g/mol. The highest BCUT2D eigenvalue weighted by Gasteiger charge is 2.26. The lowest BCUT2D eigenvalue weighted by molar-refractivity contribution is -0.643. The van der Waals surface area contributed by atoms with E-state index in [2.05, 4.69) is 152 Å². The van der Waals surface area contributed by atoms with Crippen molar-refractivity contribution in [1.82, 2.24) is 4.40 Å². The van der Waals surface area contributed by atoms with Gasteiger partial charge in [-0.3, -0.25) is 0 Å². The Morgan fingerprint density at radius 2 is 1.38 bits per heavy atom. The molecule has 0 saturated carbocycles. The first kappa shape index (κ1) is 29.8. The van der Waals surface area contributed by atoms with Crippen LogP contribution >= 0.6 is 0 Å². The summed E-state index contributed by atoms with van der Waals surface area (Å²) in [6.45, 7) is 23.4. The Balaban J connectivity index is 1.71. The second-order valence-corrected chi connectivity index (χ2v) is 15.9. The molecule has 230 valence electrons. The lowest BCUT2D eigenvalue weighted by Crippen LogP contribution is -2.28. The highest BCUT2D eigenvalue weighted by atomic mass is 15.0. The highest BCUT2D eigenvalue weighted by molar-refractivity contribution is 6.26. The van der Waals surface area contributed by atoms with Gasteiger partial charge in [0.1, 0.15) is 7.05 Å². The van der Waals surface area contributed by atoms with Gasteiger partial charge in [0.15, 0.2) is 6.20 Å². The molecule has 3 heterocycles. The lowest BCUT2D eigenvalue weighted by Gasteiger charge is -2.24. The predicted octanol–water partition coefficient (Wildman–Crippen LogP) is 11.7. The quantitative estimate of drug-likeness (QED) is 0.107. The predicted molar refractivity (Wildman–Crippen MR) is 195 cm³/mol. The highest BCUT2D eigenvalue weighted by Crippen LogP contribution is 2.45. The number of nitrogens with zero attached hydrogens (tertiary/aromatic N) is 2. The molecular formula is C43H49N2+. The Hall–Kier alpha value is -3.91. The summed E-state index contributed by atoms with van der Waals surface area (Å²) in [6.07, 6.45) is 3.31. The maximum atomic E-state index is 2.62. The largest absolute Gasteiger partial charge is 0.307 e. The van der Waals surface area contributed by atoms with E-state index < -0.39 is 0 Å². The molecule has 45 heavy (non-hydrogen) atoms. The molecule has 0 unspecified atom stereocenters. The summed E-state index contributed by atoms with van der Waals surface area (Å²) in [5, 5.41) is 6.70. The molecule has 0 aliphatic heterocycles. The zero-order valence-corrected chi connectivity index (χ0v) is 29.2. The minimum atomic E-state index is 0.222. The molecule has 0 saturated heterocycles. The second-order valence-electron chi connectivity index (χ2n) is 15.9. The molecule has 0 spiro atoms. The molecule has 4 aromatic carbocycles. The summed E-state index contributed by atoms with van der Waals surface area (Å²) in [4.78, 5) is 0. The molecule has 2 nitrogen and oxygen atoms in total. The van der Waals surface area contributed by atoms with Crippen LogP contribution in [0.2, 0.25) is 0 Å². The summed E-state index contributed by atoms with van der Waals surface area (Å²) in [5.41, 5.74) is 15.3. The normalized spacial score (nSPS) is 13.0. The molecule has 2 heteroatoms. The summed E-state index contributed by atoms with van der Waals surface area (Å²) >= 11 is 0. The van der Waals surface area contributed by atoms with Gasteiger partial charge in [0, 0.05) is 16.8 Å².